The molecule has 4 heteroatoms. The van der Waals surface area contributed by atoms with Gasteiger partial charge in [0.2, 0.25) is 0 Å². The summed E-state index contributed by atoms with van der Waals surface area (Å²) in [5.41, 5.74) is 0. The fourth-order valence-corrected chi connectivity index (χ4v) is 1.32. The van der Waals surface area contributed by atoms with Crippen LogP contribution in [-0.2, 0) is 0 Å². The van der Waals surface area contributed by atoms with Crippen molar-refractivity contribution in [2.45, 2.75) is 25.7 Å². The van der Waals surface area contributed by atoms with Crippen molar-refractivity contribution in [2.24, 2.45) is 0 Å². The summed E-state index contributed by atoms with van der Waals surface area (Å²) in [6.07, 6.45) is 5.27. The molecule has 0 radical (unpaired) electrons. The van der Waals surface area contributed by atoms with E-state index in [0.29, 0.717) is 0 Å². The summed E-state index contributed by atoms with van der Waals surface area (Å²) >= 11 is 6.55. The molecule has 82 valence electrons. The fraction of sp³-hybridized carbons (Fsp3) is 1.00. The molecule has 2 nitrogen and oxygen atoms in total. The summed E-state index contributed by atoms with van der Waals surface area (Å²) in [7, 11) is 6.00. The number of hydrogen-bond donors (Lipinski definition) is 1. The lowest BCUT2D eigenvalue weighted by atomic mass is 10.2. The third kappa shape index (κ3) is 32.2. The van der Waals surface area contributed by atoms with Gasteiger partial charge in [-0.25, -0.2) is 0 Å². The zero-order valence-electron chi connectivity index (χ0n) is 8.95. The van der Waals surface area contributed by atoms with Crippen LogP contribution in [0.5, 0.6) is 0 Å². The van der Waals surface area contributed by atoms with Crippen molar-refractivity contribution in [3.63, 3.8) is 0 Å². The first-order chi connectivity index (χ1) is 6.15. The van der Waals surface area contributed by atoms with E-state index in [9.17, 15) is 0 Å². The largest absolute Gasteiger partial charge is 0.312 e. The molecule has 0 aromatic heterocycles. The van der Waals surface area contributed by atoms with Gasteiger partial charge in [0.05, 0.1) is 0 Å². The average Bonchev–Trinajstić information content (AvgIpc) is 2.03. The lowest BCUT2D eigenvalue weighted by Crippen LogP contribution is -1.99. The number of hydrogen-bond acceptors (Lipinski definition) is 2. The molecule has 0 rings (SSSR count). The highest BCUT2D eigenvalue weighted by atomic mass is 79.9. The third-order valence-electron chi connectivity index (χ3n) is 1.15. The Morgan fingerprint density at radius 1 is 1.00 bits per heavy atom. The molecule has 0 amide bonds. The number of rotatable bonds is 6. The molecule has 0 aliphatic heterocycles. The molecule has 0 aromatic carbocycles. The van der Waals surface area contributed by atoms with Crippen molar-refractivity contribution in [3.8, 4) is 0 Å². The van der Waals surface area contributed by atoms with Gasteiger partial charge in [-0.15, -0.1) is 0 Å². The minimum Gasteiger partial charge on any atom is -0.312 e. The molecular formula is C9H22Br2N2. The van der Waals surface area contributed by atoms with E-state index in [1.807, 2.05) is 26.0 Å². The van der Waals surface area contributed by atoms with Crippen LogP contribution < -0.4 is 4.34 Å². The summed E-state index contributed by atoms with van der Waals surface area (Å²) in [6, 6.07) is 0. The molecule has 0 fully saturated rings. The predicted octanol–water partition coefficient (Wildman–Crippen LogP) is 3.02. The molecule has 1 N–H and O–H groups in total. The van der Waals surface area contributed by atoms with E-state index in [-0.39, 0.29) is 0 Å². The van der Waals surface area contributed by atoms with Gasteiger partial charge in [-0.05, 0) is 34.0 Å². The smallest absolute Gasteiger partial charge is 0.00875 e. The Morgan fingerprint density at radius 2 is 1.46 bits per heavy atom. The van der Waals surface area contributed by atoms with E-state index in [1.165, 1.54) is 25.7 Å². The topological polar surface area (TPSA) is 15.3 Å². The van der Waals surface area contributed by atoms with Crippen LogP contribution in [0.4, 0.5) is 0 Å². The van der Waals surface area contributed by atoms with Crippen molar-refractivity contribution >= 4 is 32.1 Å². The minimum absolute atomic E-state index is 1.09. The molecule has 0 heterocycles. The van der Waals surface area contributed by atoms with E-state index in [2.05, 4.69) is 36.4 Å². The Hall–Kier alpha value is 0.880. The van der Waals surface area contributed by atoms with Crippen molar-refractivity contribution in [1.82, 2.24) is 9.24 Å². The van der Waals surface area contributed by atoms with Crippen molar-refractivity contribution < 1.29 is 0 Å². The molecule has 0 aliphatic carbocycles. The molecule has 0 saturated carbocycles. The van der Waals surface area contributed by atoms with E-state index >= 15 is 0 Å². The van der Waals surface area contributed by atoms with Gasteiger partial charge in [0.25, 0.3) is 0 Å². The molecule has 0 unspecified atom stereocenters. The van der Waals surface area contributed by atoms with E-state index < -0.39 is 0 Å². The van der Waals surface area contributed by atoms with Crippen LogP contribution in [0, 0.1) is 0 Å². The molecule has 0 spiro atoms. The van der Waals surface area contributed by atoms with Gasteiger partial charge in [0, 0.05) is 28.0 Å². The molecule has 0 aromatic rings. The predicted molar refractivity (Wildman–Crippen MR) is 68.8 cm³/mol. The van der Waals surface area contributed by atoms with Crippen molar-refractivity contribution in [3.05, 3.63) is 0 Å². The van der Waals surface area contributed by atoms with Crippen LogP contribution in [0.25, 0.3) is 0 Å². The van der Waals surface area contributed by atoms with Crippen LogP contribution in [0.3, 0.4) is 0 Å². The van der Waals surface area contributed by atoms with Crippen molar-refractivity contribution in [1.29, 1.82) is 0 Å². The van der Waals surface area contributed by atoms with Crippen molar-refractivity contribution in [2.75, 3.05) is 33.0 Å². The summed E-state index contributed by atoms with van der Waals surface area (Å²) in [4.78, 5) is 2.00. The number of nitrogens with zero attached hydrogens (tertiary/aromatic N) is 1. The standard InChI is InChI=1S/C6H13Br2N.C3H9N/c7-5-3-1-2-4-6-9-8;1-4(2)3/h9H,1-6H2;1-3H3. The quantitative estimate of drug-likeness (QED) is 0.460. The first-order valence-corrected chi connectivity index (χ1v) is 6.57. The molecule has 0 atom stereocenters. The molecule has 0 saturated heterocycles. The number of alkyl halides is 1. The van der Waals surface area contributed by atoms with Crippen LogP contribution in [0.2, 0.25) is 0 Å². The second-order valence-corrected chi connectivity index (χ2v) is 4.68. The first kappa shape index (κ1) is 16.3. The maximum absolute atomic E-state index is 3.39. The van der Waals surface area contributed by atoms with Crippen LogP contribution >= 0.6 is 32.1 Å². The molecule has 0 bridgehead atoms. The van der Waals surface area contributed by atoms with E-state index in [4.69, 9.17) is 0 Å². The molecule has 0 aliphatic rings. The second-order valence-electron chi connectivity index (χ2n) is 3.33. The summed E-state index contributed by atoms with van der Waals surface area (Å²) in [5, 5.41) is 1.15. The highest BCUT2D eigenvalue weighted by Gasteiger charge is 1.86. The summed E-state index contributed by atoms with van der Waals surface area (Å²) in [6.45, 7) is 1.09. The second kappa shape index (κ2) is 15.4. The minimum atomic E-state index is 1.09. The Bertz CT molecular complexity index is 71.3. The van der Waals surface area contributed by atoms with Gasteiger partial charge in [-0.3, -0.25) is 4.34 Å². The highest BCUT2D eigenvalue weighted by molar-refractivity contribution is 9.09. The summed E-state index contributed by atoms with van der Waals surface area (Å²) in [5.74, 6) is 0. The third-order valence-corrected chi connectivity index (χ3v) is 2.11. The van der Waals surface area contributed by atoms with Crippen LogP contribution in [0.1, 0.15) is 25.7 Å². The Morgan fingerprint density at radius 3 is 1.85 bits per heavy atom. The Balaban J connectivity index is 0. The summed E-state index contributed by atoms with van der Waals surface area (Å²) < 4.78 is 2.95. The van der Waals surface area contributed by atoms with Gasteiger partial charge in [-0.2, -0.15) is 0 Å². The lowest BCUT2D eigenvalue weighted by molar-refractivity contribution is 0.505. The van der Waals surface area contributed by atoms with E-state index in [1.54, 1.807) is 0 Å². The van der Waals surface area contributed by atoms with Gasteiger partial charge in [-0.1, -0.05) is 28.8 Å². The highest BCUT2D eigenvalue weighted by Crippen LogP contribution is 2.00. The normalized spacial score (nSPS) is 9.69. The van der Waals surface area contributed by atoms with Crippen LogP contribution in [0.15, 0.2) is 0 Å². The Kier molecular flexibility index (Phi) is 19.3. The zero-order chi connectivity index (χ0) is 10.5. The SMILES string of the molecule is BrCCCCCCNBr.CN(C)C. The monoisotopic (exact) mass is 316 g/mol. The van der Waals surface area contributed by atoms with Gasteiger partial charge in [0.1, 0.15) is 0 Å². The van der Waals surface area contributed by atoms with Crippen LogP contribution in [-0.4, -0.2) is 37.9 Å². The maximum atomic E-state index is 3.39. The number of halogens is 2. The first-order valence-electron chi connectivity index (χ1n) is 4.65. The Labute approximate surface area is 99.9 Å². The maximum Gasteiger partial charge on any atom is 0.00875 e. The van der Waals surface area contributed by atoms with Gasteiger partial charge < -0.3 is 4.90 Å². The van der Waals surface area contributed by atoms with E-state index in [0.717, 1.165) is 11.9 Å². The van der Waals surface area contributed by atoms with Gasteiger partial charge >= 0.3 is 0 Å². The van der Waals surface area contributed by atoms with Gasteiger partial charge in [0.15, 0.2) is 0 Å². The molecule has 13 heavy (non-hydrogen) atoms. The number of nitrogens with one attached hydrogen (secondary N) is 1. The zero-order valence-corrected chi connectivity index (χ0v) is 12.1. The average molecular weight is 318 g/mol. The molecular weight excluding hydrogens is 296 g/mol. The fourth-order valence-electron chi connectivity index (χ4n) is 0.640. The lowest BCUT2D eigenvalue weighted by Gasteiger charge is -1.96. The number of unbranched alkanes of at least 4 members (excludes halogenated alkanes) is 3.